The Kier molecular flexibility index (Phi) is 3.90. The first kappa shape index (κ1) is 17.2. The summed E-state index contributed by atoms with van der Waals surface area (Å²) in [6, 6.07) is 6.64. The van der Waals surface area contributed by atoms with Gasteiger partial charge in [0.15, 0.2) is 11.5 Å². The molecule has 8 heteroatoms. The number of benzene rings is 1. The Morgan fingerprint density at radius 1 is 1.14 bits per heavy atom. The Morgan fingerprint density at radius 3 is 2.68 bits per heavy atom. The van der Waals surface area contributed by atoms with E-state index in [1.807, 2.05) is 19.2 Å². The van der Waals surface area contributed by atoms with E-state index in [1.54, 1.807) is 21.5 Å². The van der Waals surface area contributed by atoms with Crippen molar-refractivity contribution in [3.05, 3.63) is 64.2 Å². The Labute approximate surface area is 161 Å². The summed E-state index contributed by atoms with van der Waals surface area (Å²) in [5.41, 5.74) is 1.14. The van der Waals surface area contributed by atoms with Gasteiger partial charge in [-0.15, -0.1) is 10.2 Å². The van der Waals surface area contributed by atoms with Crippen molar-refractivity contribution in [2.45, 2.75) is 31.3 Å². The smallest absolute Gasteiger partial charge is 0.283 e. The SMILES string of the molecule is Cn1ccnc1-c1nnc2n(c1=O)CCC21CCN(Cc2ccc(F)cc2)C1. The van der Waals surface area contributed by atoms with Gasteiger partial charge in [0.2, 0.25) is 0 Å². The maximum atomic E-state index is 13.1. The number of aryl methyl sites for hydroxylation is 1. The van der Waals surface area contributed by atoms with Crippen LogP contribution in [0.5, 0.6) is 0 Å². The predicted octanol–water partition coefficient (Wildman–Crippen LogP) is 1.73. The van der Waals surface area contributed by atoms with Gasteiger partial charge in [0, 0.05) is 44.5 Å². The molecule has 3 aromatic rings. The first-order valence-corrected chi connectivity index (χ1v) is 9.48. The number of hydrogen-bond acceptors (Lipinski definition) is 5. The third-order valence-electron chi connectivity index (χ3n) is 6.02. The molecule has 2 aromatic heterocycles. The fourth-order valence-electron chi connectivity index (χ4n) is 4.52. The molecule has 144 valence electrons. The quantitative estimate of drug-likeness (QED) is 0.692. The molecular formula is C20H21FN6O. The molecule has 1 saturated heterocycles. The molecule has 1 unspecified atom stereocenters. The molecule has 28 heavy (non-hydrogen) atoms. The number of likely N-dealkylation sites (tertiary alicyclic amines) is 1. The summed E-state index contributed by atoms with van der Waals surface area (Å²) in [4.78, 5) is 19.6. The van der Waals surface area contributed by atoms with Crippen LogP contribution in [0.1, 0.15) is 24.2 Å². The largest absolute Gasteiger partial charge is 0.333 e. The Bertz CT molecular complexity index is 1090. The van der Waals surface area contributed by atoms with Gasteiger partial charge in [-0.05, 0) is 37.1 Å². The highest BCUT2D eigenvalue weighted by Crippen LogP contribution is 2.41. The lowest BCUT2D eigenvalue weighted by Crippen LogP contribution is -2.33. The van der Waals surface area contributed by atoms with Crippen LogP contribution in [0, 0.1) is 5.82 Å². The van der Waals surface area contributed by atoms with Gasteiger partial charge in [-0.1, -0.05) is 12.1 Å². The molecule has 1 aromatic carbocycles. The summed E-state index contributed by atoms with van der Waals surface area (Å²) in [5, 5.41) is 8.75. The summed E-state index contributed by atoms with van der Waals surface area (Å²) < 4.78 is 16.7. The lowest BCUT2D eigenvalue weighted by atomic mass is 9.85. The Morgan fingerprint density at radius 2 is 1.93 bits per heavy atom. The fraction of sp³-hybridized carbons (Fsp3) is 0.400. The van der Waals surface area contributed by atoms with Crippen LogP contribution in [0.3, 0.4) is 0 Å². The zero-order valence-electron chi connectivity index (χ0n) is 15.7. The number of halogens is 1. The highest BCUT2D eigenvalue weighted by molar-refractivity contribution is 5.47. The Balaban J connectivity index is 1.42. The van der Waals surface area contributed by atoms with Crippen LogP contribution in [0.25, 0.3) is 11.5 Å². The molecule has 1 spiro atoms. The second-order valence-electron chi connectivity index (χ2n) is 7.81. The van der Waals surface area contributed by atoms with Gasteiger partial charge >= 0.3 is 0 Å². The zero-order valence-corrected chi connectivity index (χ0v) is 15.7. The highest BCUT2D eigenvalue weighted by Gasteiger charge is 2.47. The van der Waals surface area contributed by atoms with Gasteiger partial charge in [0.05, 0.1) is 0 Å². The molecule has 0 saturated carbocycles. The van der Waals surface area contributed by atoms with Crippen molar-refractivity contribution in [1.29, 1.82) is 0 Å². The molecule has 1 fully saturated rings. The van der Waals surface area contributed by atoms with E-state index in [9.17, 15) is 9.18 Å². The molecule has 0 bridgehead atoms. The van der Waals surface area contributed by atoms with E-state index in [0.29, 0.717) is 18.1 Å². The van der Waals surface area contributed by atoms with Gasteiger partial charge in [0.1, 0.15) is 11.6 Å². The third-order valence-corrected chi connectivity index (χ3v) is 6.02. The summed E-state index contributed by atoms with van der Waals surface area (Å²) in [5.74, 6) is 1.11. The number of imidazole rings is 1. The zero-order chi connectivity index (χ0) is 19.3. The number of rotatable bonds is 3. The topological polar surface area (TPSA) is 68.8 Å². The fourth-order valence-corrected chi connectivity index (χ4v) is 4.52. The summed E-state index contributed by atoms with van der Waals surface area (Å²) >= 11 is 0. The second-order valence-corrected chi connectivity index (χ2v) is 7.81. The molecule has 0 aliphatic carbocycles. The van der Waals surface area contributed by atoms with Crippen molar-refractivity contribution in [2.24, 2.45) is 7.05 Å². The molecule has 0 radical (unpaired) electrons. The monoisotopic (exact) mass is 380 g/mol. The van der Waals surface area contributed by atoms with Crippen molar-refractivity contribution < 1.29 is 4.39 Å². The van der Waals surface area contributed by atoms with E-state index in [0.717, 1.165) is 43.9 Å². The highest BCUT2D eigenvalue weighted by atomic mass is 19.1. The van der Waals surface area contributed by atoms with Crippen LogP contribution in [-0.4, -0.2) is 42.3 Å². The number of hydrogen-bond donors (Lipinski definition) is 0. The lowest BCUT2D eigenvalue weighted by molar-refractivity contribution is 0.299. The van der Waals surface area contributed by atoms with Crippen LogP contribution in [-0.2, 0) is 25.6 Å². The molecule has 2 aliphatic heterocycles. The standard InChI is InChI=1S/C20H21FN6O/c1-25-11-8-22-17(25)16-18(28)27-10-7-20(19(27)24-23-16)6-9-26(13-20)12-14-2-4-15(21)5-3-14/h2-5,8,11H,6-7,9-10,12-13H2,1H3. The van der Waals surface area contributed by atoms with Crippen LogP contribution < -0.4 is 5.56 Å². The molecule has 5 rings (SSSR count). The van der Waals surface area contributed by atoms with Crippen molar-refractivity contribution in [3.63, 3.8) is 0 Å². The molecular weight excluding hydrogens is 359 g/mol. The number of nitrogens with zero attached hydrogens (tertiary/aromatic N) is 6. The summed E-state index contributed by atoms with van der Waals surface area (Å²) in [6.07, 6.45) is 5.28. The Hall–Kier alpha value is -2.87. The average molecular weight is 380 g/mol. The minimum absolute atomic E-state index is 0.117. The lowest BCUT2D eigenvalue weighted by Gasteiger charge is -2.23. The third kappa shape index (κ3) is 2.67. The van der Waals surface area contributed by atoms with Crippen LogP contribution in [0.15, 0.2) is 41.5 Å². The molecule has 2 aliphatic rings. The molecule has 7 nitrogen and oxygen atoms in total. The first-order valence-electron chi connectivity index (χ1n) is 9.48. The van der Waals surface area contributed by atoms with E-state index < -0.39 is 0 Å². The average Bonchev–Trinajstić information content (AvgIpc) is 3.39. The molecule has 0 amide bonds. The van der Waals surface area contributed by atoms with Gasteiger partial charge < -0.3 is 4.57 Å². The maximum Gasteiger partial charge on any atom is 0.283 e. The minimum Gasteiger partial charge on any atom is -0.333 e. The van der Waals surface area contributed by atoms with Gasteiger partial charge in [-0.25, -0.2) is 9.37 Å². The van der Waals surface area contributed by atoms with Gasteiger partial charge in [0.25, 0.3) is 5.56 Å². The van der Waals surface area contributed by atoms with Crippen molar-refractivity contribution in [3.8, 4) is 11.5 Å². The van der Waals surface area contributed by atoms with Gasteiger partial charge in [-0.3, -0.25) is 14.3 Å². The summed E-state index contributed by atoms with van der Waals surface area (Å²) in [6.45, 7) is 3.19. The van der Waals surface area contributed by atoms with E-state index >= 15 is 0 Å². The van der Waals surface area contributed by atoms with Crippen LogP contribution in [0.4, 0.5) is 4.39 Å². The van der Waals surface area contributed by atoms with Crippen LogP contribution >= 0.6 is 0 Å². The van der Waals surface area contributed by atoms with E-state index in [2.05, 4.69) is 20.1 Å². The van der Waals surface area contributed by atoms with E-state index in [4.69, 9.17) is 0 Å². The number of fused-ring (bicyclic) bond motifs is 2. The predicted molar refractivity (Wildman–Crippen MR) is 101 cm³/mol. The number of aromatic nitrogens is 5. The maximum absolute atomic E-state index is 13.1. The first-order chi connectivity index (χ1) is 13.6. The van der Waals surface area contributed by atoms with Gasteiger partial charge in [-0.2, -0.15) is 0 Å². The minimum atomic E-state index is -0.218. The van der Waals surface area contributed by atoms with Crippen molar-refractivity contribution >= 4 is 0 Å². The van der Waals surface area contributed by atoms with Crippen LogP contribution in [0.2, 0.25) is 0 Å². The summed E-state index contributed by atoms with van der Waals surface area (Å²) in [7, 11) is 1.84. The second kappa shape index (κ2) is 6.34. The molecule has 1 atom stereocenters. The van der Waals surface area contributed by atoms with Crippen molar-refractivity contribution in [1.82, 2.24) is 29.2 Å². The van der Waals surface area contributed by atoms with Crippen molar-refractivity contribution in [2.75, 3.05) is 13.1 Å². The van der Waals surface area contributed by atoms with E-state index in [-0.39, 0.29) is 16.8 Å². The normalized spacial score (nSPS) is 21.5. The van der Waals surface area contributed by atoms with E-state index in [1.165, 1.54) is 12.1 Å². The molecule has 4 heterocycles. The molecule has 0 N–H and O–H groups in total.